The van der Waals surface area contributed by atoms with E-state index in [0.29, 0.717) is 36.0 Å². The zero-order valence-corrected chi connectivity index (χ0v) is 16.7. The van der Waals surface area contributed by atoms with Crippen LogP contribution in [0, 0.1) is 0 Å². The number of nitrogens with zero attached hydrogens (tertiary/aromatic N) is 2. The van der Waals surface area contributed by atoms with Crippen LogP contribution in [0.4, 0.5) is 0 Å². The highest BCUT2D eigenvalue weighted by atomic mass is 35.5. The number of rotatable bonds is 6. The summed E-state index contributed by atoms with van der Waals surface area (Å²) in [5.74, 6) is 0.385. The van der Waals surface area contributed by atoms with Crippen molar-refractivity contribution in [2.24, 2.45) is 0 Å². The Morgan fingerprint density at radius 2 is 2.00 bits per heavy atom. The van der Waals surface area contributed by atoms with Crippen LogP contribution in [-0.2, 0) is 0 Å². The number of ether oxygens (including phenoxy) is 1. The number of piperazine rings is 1. The standard InChI is InChI=1S/C19H22ClN3O3S/c1-26-17-3-2-15(20)12-16(17)18(24)21-5-6-22-7-9-23(10-8-22)19(25)14-4-11-27-13-14/h2-4,11-13H,5-10H2,1H3,(H,21,24). The molecule has 0 spiro atoms. The second kappa shape index (κ2) is 9.21. The van der Waals surface area contributed by atoms with Crippen molar-refractivity contribution < 1.29 is 14.3 Å². The van der Waals surface area contributed by atoms with Gasteiger partial charge in [0.05, 0.1) is 18.2 Å². The molecule has 1 aliphatic heterocycles. The third kappa shape index (κ3) is 5.00. The van der Waals surface area contributed by atoms with Gasteiger partial charge in [0, 0.05) is 49.7 Å². The van der Waals surface area contributed by atoms with E-state index in [1.54, 1.807) is 18.2 Å². The van der Waals surface area contributed by atoms with Crippen LogP contribution in [0.15, 0.2) is 35.0 Å². The Balaban J connectivity index is 1.43. The van der Waals surface area contributed by atoms with E-state index in [1.807, 2.05) is 21.7 Å². The van der Waals surface area contributed by atoms with Gasteiger partial charge in [-0.15, -0.1) is 0 Å². The first-order valence-electron chi connectivity index (χ1n) is 8.74. The molecular formula is C19H22ClN3O3S. The molecule has 0 unspecified atom stereocenters. The molecule has 1 aliphatic rings. The lowest BCUT2D eigenvalue weighted by atomic mass is 10.2. The molecule has 6 nitrogen and oxygen atoms in total. The van der Waals surface area contributed by atoms with E-state index in [9.17, 15) is 9.59 Å². The summed E-state index contributed by atoms with van der Waals surface area (Å²) in [4.78, 5) is 28.8. The van der Waals surface area contributed by atoms with Gasteiger partial charge in [-0.25, -0.2) is 0 Å². The van der Waals surface area contributed by atoms with Gasteiger partial charge in [0.25, 0.3) is 11.8 Å². The Bertz CT molecular complexity index is 790. The number of methoxy groups -OCH3 is 1. The summed E-state index contributed by atoms with van der Waals surface area (Å²) in [6, 6.07) is 6.83. The largest absolute Gasteiger partial charge is 0.496 e. The van der Waals surface area contributed by atoms with Crippen LogP contribution in [0.3, 0.4) is 0 Å². The quantitative estimate of drug-likeness (QED) is 0.799. The molecule has 2 amide bonds. The Labute approximate surface area is 167 Å². The smallest absolute Gasteiger partial charge is 0.255 e. The fourth-order valence-corrected chi connectivity index (χ4v) is 3.83. The summed E-state index contributed by atoms with van der Waals surface area (Å²) < 4.78 is 5.22. The van der Waals surface area contributed by atoms with Crippen molar-refractivity contribution in [2.75, 3.05) is 46.4 Å². The maximum absolute atomic E-state index is 12.4. The number of thiophene rings is 1. The van der Waals surface area contributed by atoms with E-state index in [-0.39, 0.29) is 11.8 Å². The average Bonchev–Trinajstić information content (AvgIpc) is 3.22. The number of hydrogen-bond donors (Lipinski definition) is 1. The number of amides is 2. The second-order valence-electron chi connectivity index (χ2n) is 6.25. The number of carbonyl (C=O) groups excluding carboxylic acids is 2. The predicted molar refractivity (Wildman–Crippen MR) is 107 cm³/mol. The Kier molecular flexibility index (Phi) is 6.71. The molecule has 0 atom stereocenters. The maximum Gasteiger partial charge on any atom is 0.255 e. The second-order valence-corrected chi connectivity index (χ2v) is 7.46. The first-order valence-corrected chi connectivity index (χ1v) is 10.1. The minimum absolute atomic E-state index is 0.0947. The first kappa shape index (κ1) is 19.7. The van der Waals surface area contributed by atoms with Crippen LogP contribution < -0.4 is 10.1 Å². The van der Waals surface area contributed by atoms with Gasteiger partial charge in [-0.3, -0.25) is 14.5 Å². The fraction of sp³-hybridized carbons (Fsp3) is 0.368. The highest BCUT2D eigenvalue weighted by molar-refractivity contribution is 7.08. The minimum atomic E-state index is -0.208. The topological polar surface area (TPSA) is 61.9 Å². The van der Waals surface area contributed by atoms with E-state index in [4.69, 9.17) is 16.3 Å². The number of halogens is 1. The molecule has 1 saturated heterocycles. The van der Waals surface area contributed by atoms with Gasteiger partial charge in [-0.05, 0) is 29.6 Å². The van der Waals surface area contributed by atoms with Crippen molar-refractivity contribution in [3.63, 3.8) is 0 Å². The van der Waals surface area contributed by atoms with E-state index in [0.717, 1.165) is 25.2 Å². The molecule has 0 bridgehead atoms. The maximum atomic E-state index is 12.4. The lowest BCUT2D eigenvalue weighted by Gasteiger charge is -2.34. The number of hydrogen-bond acceptors (Lipinski definition) is 5. The SMILES string of the molecule is COc1ccc(Cl)cc1C(=O)NCCN1CCN(C(=O)c2ccsc2)CC1. The Morgan fingerprint density at radius 1 is 1.22 bits per heavy atom. The van der Waals surface area contributed by atoms with Crippen molar-refractivity contribution in [1.29, 1.82) is 0 Å². The van der Waals surface area contributed by atoms with Crippen LogP contribution in [0.1, 0.15) is 20.7 Å². The summed E-state index contributed by atoms with van der Waals surface area (Å²) >= 11 is 7.51. The third-order valence-corrected chi connectivity index (χ3v) is 5.47. The molecule has 0 radical (unpaired) electrons. The van der Waals surface area contributed by atoms with Gasteiger partial charge in [0.15, 0.2) is 0 Å². The highest BCUT2D eigenvalue weighted by Gasteiger charge is 2.22. The van der Waals surface area contributed by atoms with Gasteiger partial charge < -0.3 is 15.0 Å². The molecule has 1 N–H and O–H groups in total. The van der Waals surface area contributed by atoms with Gasteiger partial charge in [0.1, 0.15) is 5.75 Å². The zero-order valence-electron chi connectivity index (χ0n) is 15.1. The van der Waals surface area contributed by atoms with E-state index >= 15 is 0 Å². The van der Waals surface area contributed by atoms with Gasteiger partial charge in [0.2, 0.25) is 0 Å². The molecule has 144 valence electrons. The molecule has 2 aromatic rings. The van der Waals surface area contributed by atoms with Crippen molar-refractivity contribution >= 4 is 34.8 Å². The lowest BCUT2D eigenvalue weighted by Crippen LogP contribution is -2.50. The summed E-state index contributed by atoms with van der Waals surface area (Å²) in [6.07, 6.45) is 0. The molecule has 1 fully saturated rings. The highest BCUT2D eigenvalue weighted by Crippen LogP contribution is 2.22. The van der Waals surface area contributed by atoms with Crippen molar-refractivity contribution in [1.82, 2.24) is 15.1 Å². The van der Waals surface area contributed by atoms with Gasteiger partial charge >= 0.3 is 0 Å². The normalized spacial score (nSPS) is 14.8. The van der Waals surface area contributed by atoms with Crippen molar-refractivity contribution in [3.05, 3.63) is 51.2 Å². The van der Waals surface area contributed by atoms with Crippen LogP contribution in [0.25, 0.3) is 0 Å². The molecule has 1 aromatic heterocycles. The van der Waals surface area contributed by atoms with Crippen molar-refractivity contribution in [2.45, 2.75) is 0 Å². The van der Waals surface area contributed by atoms with E-state index < -0.39 is 0 Å². The third-order valence-electron chi connectivity index (χ3n) is 4.55. The lowest BCUT2D eigenvalue weighted by molar-refractivity contribution is 0.0638. The Morgan fingerprint density at radius 3 is 2.67 bits per heavy atom. The zero-order chi connectivity index (χ0) is 19.2. The monoisotopic (exact) mass is 407 g/mol. The first-order chi connectivity index (χ1) is 13.1. The molecule has 1 aromatic carbocycles. The van der Waals surface area contributed by atoms with E-state index in [2.05, 4.69) is 10.2 Å². The fourth-order valence-electron chi connectivity index (χ4n) is 3.02. The van der Waals surface area contributed by atoms with Crippen LogP contribution in [0.2, 0.25) is 5.02 Å². The van der Waals surface area contributed by atoms with Crippen LogP contribution >= 0.6 is 22.9 Å². The molecule has 8 heteroatoms. The number of nitrogens with one attached hydrogen (secondary N) is 1. The van der Waals surface area contributed by atoms with Crippen molar-refractivity contribution in [3.8, 4) is 5.75 Å². The molecule has 0 aliphatic carbocycles. The predicted octanol–water partition coefficient (Wildman–Crippen LogP) is 2.60. The number of benzene rings is 1. The summed E-state index contributed by atoms with van der Waals surface area (Å²) in [5, 5.41) is 7.20. The Hall–Kier alpha value is -2.09. The molecule has 3 rings (SSSR count). The molecule has 0 saturated carbocycles. The summed E-state index contributed by atoms with van der Waals surface area (Å²) in [6.45, 7) is 4.25. The van der Waals surface area contributed by atoms with E-state index in [1.165, 1.54) is 18.4 Å². The summed E-state index contributed by atoms with van der Waals surface area (Å²) in [5.41, 5.74) is 1.19. The molecular weight excluding hydrogens is 386 g/mol. The molecule has 2 heterocycles. The van der Waals surface area contributed by atoms with Crippen LogP contribution in [-0.4, -0.2) is 68.0 Å². The number of carbonyl (C=O) groups is 2. The van der Waals surface area contributed by atoms with Gasteiger partial charge in [-0.1, -0.05) is 11.6 Å². The molecule has 27 heavy (non-hydrogen) atoms. The van der Waals surface area contributed by atoms with Crippen LogP contribution in [0.5, 0.6) is 5.75 Å². The summed E-state index contributed by atoms with van der Waals surface area (Å²) in [7, 11) is 1.52. The minimum Gasteiger partial charge on any atom is -0.496 e. The average molecular weight is 408 g/mol. The van der Waals surface area contributed by atoms with Gasteiger partial charge in [-0.2, -0.15) is 11.3 Å².